The van der Waals surface area contributed by atoms with Crippen molar-refractivity contribution >= 4 is 18.0 Å². The molecule has 4 amide bonds. The van der Waals surface area contributed by atoms with Gasteiger partial charge < -0.3 is 34.9 Å². The number of hydrogen-bond acceptors (Lipinski definition) is 9. The van der Waals surface area contributed by atoms with Crippen molar-refractivity contribution in [2.24, 2.45) is 11.3 Å². The number of carbonyl (C=O) groups excluding carboxylic acids is 3. The third-order valence-electron chi connectivity index (χ3n) is 9.77. The van der Waals surface area contributed by atoms with Crippen LogP contribution in [0.3, 0.4) is 0 Å². The van der Waals surface area contributed by atoms with Crippen molar-refractivity contribution in [1.82, 2.24) is 31.0 Å². The van der Waals surface area contributed by atoms with Gasteiger partial charge in [-0.05, 0) is 47.9 Å². The molecule has 0 spiro atoms. The Bertz CT molecular complexity index is 1640. The fraction of sp³-hybridized carbons (Fsp3) is 0.487. The Kier molecular flexibility index (Phi) is 12.1. The number of ether oxygens (including phenoxy) is 3. The Morgan fingerprint density at radius 3 is 2.54 bits per heavy atom. The number of hydrogen-bond donors (Lipinski definition) is 4. The second kappa shape index (κ2) is 16.8. The van der Waals surface area contributed by atoms with Crippen LogP contribution in [0.25, 0.3) is 11.3 Å². The smallest absolute Gasteiger partial charge is 0.407 e. The summed E-state index contributed by atoms with van der Waals surface area (Å²) in [6.07, 6.45) is 0.895. The third kappa shape index (κ3) is 9.45. The molecule has 1 aromatic heterocycles. The molecule has 3 saturated heterocycles. The van der Waals surface area contributed by atoms with Gasteiger partial charge in [0, 0.05) is 37.9 Å². The number of benzene rings is 2. The van der Waals surface area contributed by atoms with Crippen LogP contribution < -0.4 is 16.1 Å². The van der Waals surface area contributed by atoms with Crippen molar-refractivity contribution in [1.29, 1.82) is 0 Å². The van der Waals surface area contributed by atoms with E-state index in [1.54, 1.807) is 16.1 Å². The van der Waals surface area contributed by atoms with Crippen LogP contribution in [0.2, 0.25) is 0 Å². The molecule has 52 heavy (non-hydrogen) atoms. The van der Waals surface area contributed by atoms with Gasteiger partial charge in [-0.2, -0.15) is 0 Å². The zero-order chi connectivity index (χ0) is 36.7. The predicted molar refractivity (Wildman–Crippen MR) is 193 cm³/mol. The number of aliphatic hydroxyl groups excluding tert-OH is 1. The van der Waals surface area contributed by atoms with Crippen LogP contribution >= 0.6 is 0 Å². The first-order chi connectivity index (χ1) is 25.0. The first-order valence-corrected chi connectivity index (χ1v) is 18.1. The summed E-state index contributed by atoms with van der Waals surface area (Å²) in [7, 11) is 0. The molecular weight excluding hydrogens is 664 g/mol. The van der Waals surface area contributed by atoms with Crippen LogP contribution in [0.15, 0.2) is 79.0 Å². The molecule has 4 N–H and O–H groups in total. The summed E-state index contributed by atoms with van der Waals surface area (Å²) in [6.45, 7) is 7.78. The second-order valence-electron chi connectivity index (χ2n) is 14.8. The molecule has 6 rings (SSSR count). The molecule has 13 heteroatoms. The number of nitrogens with zero attached hydrogens (tertiary/aromatic N) is 3. The van der Waals surface area contributed by atoms with Crippen LogP contribution in [0.4, 0.5) is 9.59 Å². The number of aromatic nitrogens is 1. The number of alkyl carbamates (subject to hydrolysis) is 1. The minimum absolute atomic E-state index is 0.0317. The van der Waals surface area contributed by atoms with Crippen molar-refractivity contribution < 1.29 is 33.7 Å². The lowest BCUT2D eigenvalue weighted by Gasteiger charge is -2.42. The highest BCUT2D eigenvalue weighted by Crippen LogP contribution is 2.33. The van der Waals surface area contributed by atoms with Gasteiger partial charge in [0.2, 0.25) is 0 Å². The fourth-order valence-corrected chi connectivity index (χ4v) is 7.17. The molecule has 6 atom stereocenters. The first-order valence-electron chi connectivity index (χ1n) is 18.1. The molecule has 3 aromatic rings. The molecule has 0 radical (unpaired) electrons. The monoisotopic (exact) mass is 714 g/mol. The van der Waals surface area contributed by atoms with E-state index in [1.165, 1.54) is 0 Å². The molecule has 2 aromatic carbocycles. The highest BCUT2D eigenvalue weighted by Gasteiger charge is 2.44. The van der Waals surface area contributed by atoms with E-state index in [-0.39, 0.29) is 43.8 Å². The van der Waals surface area contributed by atoms with Crippen molar-refractivity contribution in [3.05, 3.63) is 90.1 Å². The van der Waals surface area contributed by atoms with Gasteiger partial charge in [0.1, 0.15) is 12.1 Å². The zero-order valence-corrected chi connectivity index (χ0v) is 30.1. The van der Waals surface area contributed by atoms with Crippen LogP contribution in [-0.2, 0) is 32.0 Å². The summed E-state index contributed by atoms with van der Waals surface area (Å²) in [4.78, 5) is 46.5. The lowest BCUT2D eigenvalue weighted by atomic mass is 9.84. The van der Waals surface area contributed by atoms with Crippen molar-refractivity contribution in [2.45, 2.75) is 77.2 Å². The first kappa shape index (κ1) is 37.2. The van der Waals surface area contributed by atoms with Crippen LogP contribution in [0.1, 0.15) is 44.7 Å². The molecular formula is C39H50N6O7. The molecule has 3 aliphatic heterocycles. The highest BCUT2D eigenvalue weighted by molar-refractivity contribution is 5.87. The largest absolute Gasteiger partial charge is 0.443 e. The summed E-state index contributed by atoms with van der Waals surface area (Å²) in [5.41, 5.74) is 6.01. The summed E-state index contributed by atoms with van der Waals surface area (Å²) in [5, 5.41) is 19.3. The van der Waals surface area contributed by atoms with Crippen molar-refractivity contribution in [3.63, 3.8) is 0 Å². The molecule has 3 fully saturated rings. The number of pyridine rings is 1. The van der Waals surface area contributed by atoms with Gasteiger partial charge in [0.15, 0.2) is 6.29 Å². The Labute approximate surface area is 305 Å². The normalized spacial score (nSPS) is 21.9. The van der Waals surface area contributed by atoms with Gasteiger partial charge in [-0.1, -0.05) is 81.4 Å². The maximum atomic E-state index is 14.2. The summed E-state index contributed by atoms with van der Waals surface area (Å²) in [6, 6.07) is 21.3. The quantitative estimate of drug-likeness (QED) is 0.193. The van der Waals surface area contributed by atoms with E-state index in [2.05, 4.69) is 21.0 Å². The molecule has 13 nitrogen and oxygen atoms in total. The average molecular weight is 715 g/mol. The number of hydrazine groups is 1. The van der Waals surface area contributed by atoms with Crippen molar-refractivity contribution in [3.8, 4) is 11.3 Å². The Morgan fingerprint density at radius 1 is 1.06 bits per heavy atom. The topological polar surface area (TPSA) is 155 Å². The highest BCUT2D eigenvalue weighted by atomic mass is 16.7. The Morgan fingerprint density at radius 2 is 1.83 bits per heavy atom. The Hall–Kier alpha value is -4.56. The van der Waals surface area contributed by atoms with Crippen molar-refractivity contribution in [2.75, 3.05) is 32.8 Å². The van der Waals surface area contributed by atoms with Gasteiger partial charge >= 0.3 is 12.1 Å². The third-order valence-corrected chi connectivity index (χ3v) is 9.77. The predicted octanol–water partition coefficient (Wildman–Crippen LogP) is 3.87. The van der Waals surface area contributed by atoms with E-state index in [9.17, 15) is 19.5 Å². The minimum Gasteiger partial charge on any atom is -0.443 e. The van der Waals surface area contributed by atoms with Crippen LogP contribution in [0.5, 0.6) is 0 Å². The second-order valence-corrected chi connectivity index (χ2v) is 14.8. The van der Waals surface area contributed by atoms with E-state index in [0.29, 0.717) is 26.1 Å². The zero-order valence-electron chi connectivity index (χ0n) is 30.1. The molecule has 0 bridgehead atoms. The lowest BCUT2D eigenvalue weighted by molar-refractivity contribution is -0.135. The van der Waals surface area contributed by atoms with Gasteiger partial charge in [-0.3, -0.25) is 15.2 Å². The Balaban J connectivity index is 1.22. The van der Waals surface area contributed by atoms with E-state index in [4.69, 9.17) is 14.2 Å². The van der Waals surface area contributed by atoms with E-state index in [0.717, 1.165) is 35.2 Å². The van der Waals surface area contributed by atoms with E-state index in [1.807, 2.05) is 93.6 Å². The van der Waals surface area contributed by atoms with Gasteiger partial charge in [0.05, 0.1) is 37.0 Å². The maximum absolute atomic E-state index is 14.2. The summed E-state index contributed by atoms with van der Waals surface area (Å²) >= 11 is 0. The number of rotatable bonds is 13. The maximum Gasteiger partial charge on any atom is 0.407 e. The number of fused-ring (bicyclic) bond motifs is 1. The van der Waals surface area contributed by atoms with Crippen LogP contribution in [0, 0.1) is 11.3 Å². The molecule has 3 aliphatic rings. The van der Waals surface area contributed by atoms with Gasteiger partial charge in [-0.15, -0.1) is 0 Å². The fourth-order valence-electron chi connectivity index (χ4n) is 7.17. The molecule has 0 aliphatic carbocycles. The van der Waals surface area contributed by atoms with Gasteiger partial charge in [-0.25, -0.2) is 14.6 Å². The SMILES string of the molecule is CC(C)(C)[C@@H](C(=O)NN(Cc1ccc(-c2ccccn2)cc1)C[C@H](O)[C@H](Cc1ccccc1)NC(=O)O[C@H]1CO[C@H]2OCC[C@H]21)N1CCCNC1=O. The minimum atomic E-state index is -1.14. The number of nitrogens with one attached hydrogen (secondary N) is 3. The van der Waals surface area contributed by atoms with Gasteiger partial charge in [0.25, 0.3) is 5.91 Å². The summed E-state index contributed by atoms with van der Waals surface area (Å²) in [5.74, 6) is -0.404. The number of amides is 4. The number of aliphatic hydroxyl groups is 1. The lowest BCUT2D eigenvalue weighted by Crippen LogP contribution is -2.63. The number of carbonyl (C=O) groups is 3. The average Bonchev–Trinajstić information content (AvgIpc) is 3.75. The number of urea groups is 1. The molecule has 4 heterocycles. The van der Waals surface area contributed by atoms with E-state index < -0.39 is 35.8 Å². The van der Waals surface area contributed by atoms with E-state index >= 15 is 0 Å². The molecule has 0 saturated carbocycles. The summed E-state index contributed by atoms with van der Waals surface area (Å²) < 4.78 is 17.0. The molecule has 278 valence electrons. The standard InChI is InChI=1S/C39H50N6O7/c1-39(2,3)34(45-20-9-19-41-37(45)48)35(47)43-44(23-27-13-15-28(16-14-27)30-12-7-8-18-40-30)24-32(46)31(22-26-10-5-4-6-11-26)42-38(49)52-33-25-51-36-29(33)17-21-50-36/h4-8,10-16,18,29,31-34,36,46H,9,17,19-25H2,1-3H3,(H,41,48)(H,42,49)(H,43,47)/t29-,31-,32-,33-,34+,36+/m0/s1. The van der Waals surface area contributed by atoms with Crippen LogP contribution in [-0.4, -0.2) is 101 Å². The molecule has 0 unspecified atom stereocenters.